The molecule has 1 fully saturated rings. The van der Waals surface area contributed by atoms with Crippen molar-refractivity contribution < 1.29 is 19.2 Å². The number of non-ortho nitro benzene ring substituents is 1. The maximum Gasteiger partial charge on any atom is 0.410 e. The molecular weight excluding hydrogens is 464 g/mol. The minimum atomic E-state index is -0.463. The zero-order valence-corrected chi connectivity index (χ0v) is 19.6. The van der Waals surface area contributed by atoms with E-state index in [-0.39, 0.29) is 18.3 Å². The first-order valence-electron chi connectivity index (χ1n) is 11.6. The van der Waals surface area contributed by atoms with Gasteiger partial charge < -0.3 is 18.9 Å². The van der Waals surface area contributed by atoms with Crippen LogP contribution in [0.5, 0.6) is 11.6 Å². The van der Waals surface area contributed by atoms with E-state index in [0.29, 0.717) is 30.3 Å². The number of ether oxygens (including phenoxy) is 2. The first-order chi connectivity index (χ1) is 17.5. The number of pyridine rings is 1. The van der Waals surface area contributed by atoms with Gasteiger partial charge in [-0.3, -0.25) is 15.1 Å². The van der Waals surface area contributed by atoms with Crippen molar-refractivity contribution in [2.75, 3.05) is 13.1 Å². The highest BCUT2D eigenvalue weighted by atomic mass is 16.6. The number of fused-ring (bicyclic) bond motifs is 1. The maximum atomic E-state index is 12.5. The van der Waals surface area contributed by atoms with E-state index in [0.717, 1.165) is 29.6 Å². The summed E-state index contributed by atoms with van der Waals surface area (Å²) in [6.07, 6.45) is 6.29. The second-order valence-electron chi connectivity index (χ2n) is 8.52. The van der Waals surface area contributed by atoms with Crippen molar-refractivity contribution in [2.24, 2.45) is 0 Å². The monoisotopic (exact) mass is 488 g/mol. The van der Waals surface area contributed by atoms with E-state index >= 15 is 0 Å². The van der Waals surface area contributed by atoms with E-state index < -0.39 is 11.0 Å². The van der Waals surface area contributed by atoms with Crippen LogP contribution in [0.1, 0.15) is 30.1 Å². The van der Waals surface area contributed by atoms with Gasteiger partial charge in [0.25, 0.3) is 5.69 Å². The van der Waals surface area contributed by atoms with Gasteiger partial charge in [0.15, 0.2) is 5.75 Å². The molecule has 11 nitrogen and oxygen atoms in total. The van der Waals surface area contributed by atoms with Gasteiger partial charge in [0.1, 0.15) is 18.6 Å². The maximum absolute atomic E-state index is 12.5. The average molecular weight is 489 g/mol. The van der Waals surface area contributed by atoms with E-state index in [4.69, 9.17) is 9.47 Å². The molecule has 0 aliphatic carbocycles. The SMILES string of the molecule is Cc1ncccc1Oc1ncnc2c1ccn2C1CCN(C(=O)OCc2ccc([N+](=O)[O-])cc2)CC1. The number of nitro benzene ring substituents is 1. The molecule has 0 atom stereocenters. The van der Waals surface area contributed by atoms with E-state index in [9.17, 15) is 14.9 Å². The van der Waals surface area contributed by atoms with Crippen LogP contribution in [0.4, 0.5) is 10.5 Å². The number of hydrogen-bond acceptors (Lipinski definition) is 8. The molecule has 0 N–H and O–H groups in total. The Bertz CT molecular complexity index is 1400. The van der Waals surface area contributed by atoms with Crippen LogP contribution < -0.4 is 4.74 Å². The molecule has 0 unspecified atom stereocenters. The number of benzene rings is 1. The first-order valence-corrected chi connectivity index (χ1v) is 11.6. The predicted molar refractivity (Wildman–Crippen MR) is 130 cm³/mol. The normalized spacial score (nSPS) is 14.1. The Morgan fingerprint density at radius 2 is 1.89 bits per heavy atom. The Morgan fingerprint density at radius 1 is 1.11 bits per heavy atom. The third kappa shape index (κ3) is 4.81. The summed E-state index contributed by atoms with van der Waals surface area (Å²) in [4.78, 5) is 37.6. The lowest BCUT2D eigenvalue weighted by Gasteiger charge is -2.32. The molecular formula is C25H24N6O5. The zero-order chi connectivity index (χ0) is 25.1. The van der Waals surface area contributed by atoms with Crippen LogP contribution >= 0.6 is 0 Å². The number of aryl methyl sites for hydroxylation is 1. The van der Waals surface area contributed by atoms with Crippen LogP contribution in [0, 0.1) is 17.0 Å². The molecule has 0 saturated carbocycles. The number of likely N-dealkylation sites (tertiary alicyclic amines) is 1. The molecule has 1 aliphatic rings. The van der Waals surface area contributed by atoms with Gasteiger partial charge in [-0.2, -0.15) is 0 Å². The van der Waals surface area contributed by atoms with Crippen molar-refractivity contribution in [3.8, 4) is 11.6 Å². The van der Waals surface area contributed by atoms with Gasteiger partial charge in [-0.25, -0.2) is 14.8 Å². The van der Waals surface area contributed by atoms with Crippen molar-refractivity contribution in [2.45, 2.75) is 32.4 Å². The number of piperidine rings is 1. The highest BCUT2D eigenvalue weighted by molar-refractivity contribution is 5.81. The summed E-state index contributed by atoms with van der Waals surface area (Å²) in [5.41, 5.74) is 2.25. The summed E-state index contributed by atoms with van der Waals surface area (Å²) in [6, 6.07) is 11.8. The van der Waals surface area contributed by atoms with Crippen molar-refractivity contribution in [3.63, 3.8) is 0 Å². The van der Waals surface area contributed by atoms with Crippen LogP contribution in [0.15, 0.2) is 61.2 Å². The molecule has 1 aliphatic heterocycles. The standard InChI is InChI=1S/C25H24N6O5/c1-17-22(3-2-11-26-17)36-24-21-10-14-30(23(21)27-16-28-24)19-8-12-29(13-9-19)25(32)35-15-18-4-6-20(7-5-18)31(33)34/h2-7,10-11,14,16,19H,8-9,12-13,15H2,1H3. The van der Waals surface area contributed by atoms with Gasteiger partial charge in [0.05, 0.1) is 16.0 Å². The summed E-state index contributed by atoms with van der Waals surface area (Å²) in [7, 11) is 0. The Hall–Kier alpha value is -4.54. The van der Waals surface area contributed by atoms with E-state index in [1.807, 2.05) is 31.3 Å². The summed E-state index contributed by atoms with van der Waals surface area (Å²) in [5, 5.41) is 11.6. The third-order valence-electron chi connectivity index (χ3n) is 6.26. The number of hydrogen-bond donors (Lipinski definition) is 0. The Labute approximate surface area is 206 Å². The molecule has 1 aromatic carbocycles. The van der Waals surface area contributed by atoms with Crippen LogP contribution in [0.2, 0.25) is 0 Å². The average Bonchev–Trinajstić information content (AvgIpc) is 3.34. The fourth-order valence-corrected chi connectivity index (χ4v) is 4.28. The molecule has 11 heteroatoms. The largest absolute Gasteiger partial charge is 0.445 e. The fraction of sp³-hybridized carbons (Fsp3) is 0.280. The fourth-order valence-electron chi connectivity index (χ4n) is 4.28. The van der Waals surface area contributed by atoms with Gasteiger partial charge in [-0.05, 0) is 55.7 Å². The van der Waals surface area contributed by atoms with Gasteiger partial charge in [0.2, 0.25) is 5.88 Å². The van der Waals surface area contributed by atoms with Crippen molar-refractivity contribution in [1.82, 2.24) is 24.4 Å². The first kappa shape index (κ1) is 23.2. The van der Waals surface area contributed by atoms with E-state index in [1.165, 1.54) is 18.5 Å². The van der Waals surface area contributed by atoms with E-state index in [2.05, 4.69) is 19.5 Å². The topological polar surface area (TPSA) is 126 Å². The number of nitrogens with zero attached hydrogens (tertiary/aromatic N) is 6. The number of aromatic nitrogens is 4. The lowest BCUT2D eigenvalue weighted by molar-refractivity contribution is -0.384. The molecule has 0 bridgehead atoms. The van der Waals surface area contributed by atoms with Crippen LogP contribution in [0.25, 0.3) is 11.0 Å². The number of carbonyl (C=O) groups is 1. The summed E-state index contributed by atoms with van der Waals surface area (Å²) < 4.78 is 13.5. The van der Waals surface area contributed by atoms with Gasteiger partial charge in [0, 0.05) is 43.7 Å². The number of amides is 1. The van der Waals surface area contributed by atoms with Gasteiger partial charge in [-0.1, -0.05) is 0 Å². The smallest absolute Gasteiger partial charge is 0.410 e. The zero-order valence-electron chi connectivity index (χ0n) is 19.6. The van der Waals surface area contributed by atoms with Crippen molar-refractivity contribution in [3.05, 3.63) is 82.6 Å². The minimum absolute atomic E-state index is 0.000766. The highest BCUT2D eigenvalue weighted by Gasteiger charge is 2.26. The molecule has 5 rings (SSSR count). The molecule has 184 valence electrons. The molecule has 4 aromatic rings. The second kappa shape index (κ2) is 9.98. The molecule has 4 heterocycles. The summed E-state index contributed by atoms with van der Waals surface area (Å²) in [5.74, 6) is 1.12. The van der Waals surface area contributed by atoms with Gasteiger partial charge >= 0.3 is 6.09 Å². The summed E-state index contributed by atoms with van der Waals surface area (Å²) >= 11 is 0. The van der Waals surface area contributed by atoms with Crippen LogP contribution in [-0.4, -0.2) is 48.5 Å². The second-order valence-corrected chi connectivity index (χ2v) is 8.52. The molecule has 0 spiro atoms. The molecule has 3 aromatic heterocycles. The Morgan fingerprint density at radius 3 is 2.61 bits per heavy atom. The Kier molecular flexibility index (Phi) is 6.44. The number of carbonyl (C=O) groups excluding carboxylic acids is 1. The summed E-state index contributed by atoms with van der Waals surface area (Å²) in [6.45, 7) is 3.04. The molecule has 36 heavy (non-hydrogen) atoms. The quantitative estimate of drug-likeness (QED) is 0.280. The van der Waals surface area contributed by atoms with Crippen molar-refractivity contribution in [1.29, 1.82) is 0 Å². The third-order valence-corrected chi connectivity index (χ3v) is 6.26. The number of nitro groups is 1. The van der Waals surface area contributed by atoms with Crippen LogP contribution in [0.3, 0.4) is 0 Å². The molecule has 1 amide bonds. The lowest BCUT2D eigenvalue weighted by Crippen LogP contribution is -2.39. The number of rotatable bonds is 6. The van der Waals surface area contributed by atoms with E-state index in [1.54, 1.807) is 23.2 Å². The lowest BCUT2D eigenvalue weighted by atomic mass is 10.1. The molecule has 1 saturated heterocycles. The van der Waals surface area contributed by atoms with Gasteiger partial charge in [-0.15, -0.1) is 0 Å². The molecule has 0 radical (unpaired) electrons. The minimum Gasteiger partial charge on any atom is -0.445 e. The highest BCUT2D eigenvalue weighted by Crippen LogP contribution is 2.32. The predicted octanol–water partition coefficient (Wildman–Crippen LogP) is 4.81. The van der Waals surface area contributed by atoms with Crippen LogP contribution in [-0.2, 0) is 11.3 Å². The van der Waals surface area contributed by atoms with Crippen molar-refractivity contribution >= 4 is 22.8 Å². The Balaban J connectivity index is 1.20.